The molecule has 0 fully saturated rings. The largest absolute Gasteiger partial charge is 0.495 e. The van der Waals surface area contributed by atoms with E-state index in [9.17, 15) is 9.59 Å². The predicted molar refractivity (Wildman–Crippen MR) is 83.1 cm³/mol. The average Bonchev–Trinajstić information content (AvgIpc) is 2.47. The minimum Gasteiger partial charge on any atom is -0.495 e. The van der Waals surface area contributed by atoms with Crippen molar-refractivity contribution in [2.24, 2.45) is 0 Å². The molecule has 0 heterocycles. The van der Waals surface area contributed by atoms with Crippen molar-refractivity contribution in [2.75, 3.05) is 33.1 Å². The van der Waals surface area contributed by atoms with Gasteiger partial charge in [0.2, 0.25) is 5.91 Å². The van der Waals surface area contributed by atoms with Crippen LogP contribution in [0.5, 0.6) is 5.75 Å². The standard InChI is InChI=1S/C14H20ClN3O3/c1-9-7-11(12(21-4)8-10(9)15)17-14(20)18(3)6-5-13(19)16-2/h7-8H,5-6H2,1-4H3,(H,16,19)(H,17,20). The SMILES string of the molecule is CNC(=O)CCN(C)C(=O)Nc1cc(C)c(Cl)cc1OC. The third-order valence-electron chi connectivity index (χ3n) is 3.02. The number of carbonyl (C=O) groups excluding carboxylic acids is 2. The lowest BCUT2D eigenvalue weighted by atomic mass is 10.2. The van der Waals surface area contributed by atoms with Crippen LogP contribution in [0.3, 0.4) is 0 Å². The number of ether oxygens (including phenoxy) is 1. The van der Waals surface area contributed by atoms with Crippen molar-refractivity contribution in [3.63, 3.8) is 0 Å². The van der Waals surface area contributed by atoms with Crippen molar-refractivity contribution in [2.45, 2.75) is 13.3 Å². The summed E-state index contributed by atoms with van der Waals surface area (Å²) in [4.78, 5) is 24.7. The molecule has 0 saturated heterocycles. The molecule has 7 heteroatoms. The lowest BCUT2D eigenvalue weighted by Gasteiger charge is -2.19. The topological polar surface area (TPSA) is 70.7 Å². The third-order valence-corrected chi connectivity index (χ3v) is 3.43. The lowest BCUT2D eigenvalue weighted by Crippen LogP contribution is -2.34. The minimum absolute atomic E-state index is 0.116. The van der Waals surface area contributed by atoms with Gasteiger partial charge in [0.25, 0.3) is 0 Å². The van der Waals surface area contributed by atoms with E-state index in [4.69, 9.17) is 16.3 Å². The quantitative estimate of drug-likeness (QED) is 0.876. The summed E-state index contributed by atoms with van der Waals surface area (Å²) in [5.74, 6) is 0.369. The Morgan fingerprint density at radius 2 is 2.05 bits per heavy atom. The fourth-order valence-electron chi connectivity index (χ4n) is 1.64. The van der Waals surface area contributed by atoms with Gasteiger partial charge in [0.15, 0.2) is 0 Å². The summed E-state index contributed by atoms with van der Waals surface area (Å²) in [6.07, 6.45) is 0.247. The first-order chi connectivity index (χ1) is 9.88. The van der Waals surface area contributed by atoms with Gasteiger partial charge < -0.3 is 20.3 Å². The summed E-state index contributed by atoms with van der Waals surface area (Å²) in [7, 11) is 4.68. The van der Waals surface area contributed by atoms with Crippen LogP contribution in [0.15, 0.2) is 12.1 Å². The van der Waals surface area contributed by atoms with Crippen molar-refractivity contribution in [1.82, 2.24) is 10.2 Å². The smallest absolute Gasteiger partial charge is 0.321 e. The van der Waals surface area contributed by atoms with Gasteiger partial charge in [-0.25, -0.2) is 4.79 Å². The monoisotopic (exact) mass is 313 g/mol. The maximum atomic E-state index is 12.1. The van der Waals surface area contributed by atoms with E-state index in [0.29, 0.717) is 23.0 Å². The molecule has 116 valence electrons. The van der Waals surface area contributed by atoms with Crippen LogP contribution in [0.25, 0.3) is 0 Å². The summed E-state index contributed by atoms with van der Waals surface area (Å²) >= 11 is 6.02. The number of rotatable bonds is 5. The van der Waals surface area contributed by atoms with E-state index in [1.165, 1.54) is 12.0 Å². The number of urea groups is 1. The van der Waals surface area contributed by atoms with Gasteiger partial charge >= 0.3 is 6.03 Å². The molecule has 0 atom stereocenters. The zero-order chi connectivity index (χ0) is 16.0. The van der Waals surface area contributed by atoms with Crippen LogP contribution < -0.4 is 15.4 Å². The summed E-state index contributed by atoms with van der Waals surface area (Å²) in [5, 5.41) is 5.82. The van der Waals surface area contributed by atoms with Gasteiger partial charge in [-0.05, 0) is 18.6 Å². The van der Waals surface area contributed by atoms with Crippen molar-refractivity contribution in [3.8, 4) is 5.75 Å². The second kappa shape index (κ2) is 7.73. The first kappa shape index (κ1) is 17.1. The number of hydrogen-bond acceptors (Lipinski definition) is 3. The Balaban J connectivity index is 2.74. The molecule has 21 heavy (non-hydrogen) atoms. The Labute approximate surface area is 129 Å². The summed E-state index contributed by atoms with van der Waals surface area (Å²) in [6, 6.07) is 3.07. The maximum Gasteiger partial charge on any atom is 0.321 e. The van der Waals surface area contributed by atoms with Gasteiger partial charge in [0.05, 0.1) is 12.8 Å². The maximum absolute atomic E-state index is 12.1. The number of hydrogen-bond donors (Lipinski definition) is 2. The molecule has 1 aromatic carbocycles. The normalized spacial score (nSPS) is 9.95. The number of methoxy groups -OCH3 is 1. The fraction of sp³-hybridized carbons (Fsp3) is 0.429. The molecule has 2 N–H and O–H groups in total. The molecule has 3 amide bonds. The Hall–Kier alpha value is -1.95. The number of carbonyl (C=O) groups is 2. The van der Waals surface area contributed by atoms with E-state index in [0.717, 1.165) is 5.56 Å². The van der Waals surface area contributed by atoms with Crippen molar-refractivity contribution < 1.29 is 14.3 Å². The molecular weight excluding hydrogens is 294 g/mol. The van der Waals surface area contributed by atoms with E-state index in [2.05, 4.69) is 10.6 Å². The Kier molecular flexibility index (Phi) is 6.30. The average molecular weight is 314 g/mol. The summed E-state index contributed by atoms with van der Waals surface area (Å²) in [6.45, 7) is 2.16. The number of nitrogens with zero attached hydrogens (tertiary/aromatic N) is 1. The first-order valence-electron chi connectivity index (χ1n) is 6.45. The molecule has 0 aliphatic carbocycles. The molecule has 0 aliphatic heterocycles. The van der Waals surface area contributed by atoms with Crippen molar-refractivity contribution >= 4 is 29.2 Å². The predicted octanol–water partition coefficient (Wildman–Crippen LogP) is 2.26. The Bertz CT molecular complexity index is 534. The molecule has 0 aliphatic rings. The highest BCUT2D eigenvalue weighted by Gasteiger charge is 2.14. The Morgan fingerprint density at radius 3 is 2.62 bits per heavy atom. The molecule has 1 rings (SSSR count). The second-order valence-corrected chi connectivity index (χ2v) is 4.98. The molecule has 1 aromatic rings. The highest BCUT2D eigenvalue weighted by atomic mass is 35.5. The molecule has 0 bridgehead atoms. The summed E-state index contributed by atoms with van der Waals surface area (Å²) < 4.78 is 5.20. The number of halogens is 1. The number of benzene rings is 1. The molecule has 0 radical (unpaired) electrons. The molecular formula is C14H20ClN3O3. The second-order valence-electron chi connectivity index (χ2n) is 4.58. The number of nitrogens with one attached hydrogen (secondary N) is 2. The van der Waals surface area contributed by atoms with Gasteiger partial charge in [0.1, 0.15) is 5.75 Å². The highest BCUT2D eigenvalue weighted by Crippen LogP contribution is 2.31. The van der Waals surface area contributed by atoms with Crippen molar-refractivity contribution in [1.29, 1.82) is 0 Å². The molecule has 0 saturated carbocycles. The van der Waals surface area contributed by atoms with Gasteiger partial charge in [-0.15, -0.1) is 0 Å². The zero-order valence-electron chi connectivity index (χ0n) is 12.6. The van der Waals surface area contributed by atoms with E-state index in [1.54, 1.807) is 26.2 Å². The first-order valence-corrected chi connectivity index (χ1v) is 6.83. The van der Waals surface area contributed by atoms with E-state index < -0.39 is 0 Å². The van der Waals surface area contributed by atoms with Crippen LogP contribution in [-0.2, 0) is 4.79 Å². The van der Waals surface area contributed by atoms with Crippen LogP contribution >= 0.6 is 11.6 Å². The van der Waals surface area contributed by atoms with Crippen LogP contribution in [0.2, 0.25) is 5.02 Å². The number of aryl methyl sites for hydroxylation is 1. The number of anilines is 1. The third kappa shape index (κ3) is 4.82. The molecule has 0 spiro atoms. The highest BCUT2D eigenvalue weighted by molar-refractivity contribution is 6.31. The number of amides is 3. The molecule has 0 aromatic heterocycles. The van der Waals surface area contributed by atoms with Crippen LogP contribution in [0.1, 0.15) is 12.0 Å². The zero-order valence-corrected chi connectivity index (χ0v) is 13.4. The van der Waals surface area contributed by atoms with Crippen molar-refractivity contribution in [3.05, 3.63) is 22.7 Å². The van der Waals surface area contributed by atoms with Gasteiger partial charge in [0, 0.05) is 38.1 Å². The fourth-order valence-corrected chi connectivity index (χ4v) is 1.79. The summed E-state index contributed by atoms with van der Waals surface area (Å²) in [5.41, 5.74) is 1.37. The lowest BCUT2D eigenvalue weighted by molar-refractivity contribution is -0.120. The minimum atomic E-state index is -0.320. The van der Waals surface area contributed by atoms with Gasteiger partial charge in [-0.2, -0.15) is 0 Å². The Morgan fingerprint density at radius 1 is 1.38 bits per heavy atom. The van der Waals surface area contributed by atoms with E-state index in [-0.39, 0.29) is 18.4 Å². The molecule has 6 nitrogen and oxygen atoms in total. The van der Waals surface area contributed by atoms with Crippen LogP contribution in [0.4, 0.5) is 10.5 Å². The molecule has 0 unspecified atom stereocenters. The van der Waals surface area contributed by atoms with E-state index in [1.807, 2.05) is 6.92 Å². The van der Waals surface area contributed by atoms with Crippen LogP contribution in [0, 0.1) is 6.92 Å². The van der Waals surface area contributed by atoms with Gasteiger partial charge in [-0.3, -0.25) is 4.79 Å². The van der Waals surface area contributed by atoms with Crippen LogP contribution in [-0.4, -0.2) is 44.6 Å². The van der Waals surface area contributed by atoms with Gasteiger partial charge in [-0.1, -0.05) is 11.6 Å². The van der Waals surface area contributed by atoms with E-state index >= 15 is 0 Å².